The summed E-state index contributed by atoms with van der Waals surface area (Å²) in [4.78, 5) is 0. The monoisotopic (exact) mass is 152 g/mol. The molecule has 0 aromatic carbocycles. The molecule has 64 valence electrons. The molecule has 2 saturated carbocycles. The third-order valence-electron chi connectivity index (χ3n) is 3.62. The van der Waals surface area contributed by atoms with E-state index in [1.165, 1.54) is 25.7 Å². The Morgan fingerprint density at radius 2 is 1.00 bits per heavy atom. The SMILES string of the molecule is C1CCC(CC2CCCC2)C1. The fourth-order valence-corrected chi connectivity index (χ4v) is 2.96. The highest BCUT2D eigenvalue weighted by Gasteiger charge is 2.22. The van der Waals surface area contributed by atoms with Gasteiger partial charge in [-0.2, -0.15) is 0 Å². The Labute approximate surface area is 70.4 Å². The summed E-state index contributed by atoms with van der Waals surface area (Å²) in [6.07, 6.45) is 13.9. The Bertz CT molecular complexity index is 91.2. The van der Waals surface area contributed by atoms with Crippen molar-refractivity contribution in [3.8, 4) is 0 Å². The molecule has 0 aliphatic heterocycles. The molecule has 0 N–H and O–H groups in total. The fraction of sp³-hybridized carbons (Fsp3) is 1.00. The van der Waals surface area contributed by atoms with Crippen LogP contribution in [0.2, 0.25) is 0 Å². The van der Waals surface area contributed by atoms with Gasteiger partial charge in [0.05, 0.1) is 0 Å². The first kappa shape index (κ1) is 7.64. The lowest BCUT2D eigenvalue weighted by Crippen LogP contribution is -2.01. The zero-order valence-electron chi connectivity index (χ0n) is 7.52. The van der Waals surface area contributed by atoms with E-state index in [0.717, 1.165) is 11.8 Å². The van der Waals surface area contributed by atoms with Crippen LogP contribution in [-0.4, -0.2) is 0 Å². The van der Waals surface area contributed by atoms with Crippen molar-refractivity contribution in [2.45, 2.75) is 57.8 Å². The van der Waals surface area contributed by atoms with Crippen LogP contribution in [0.3, 0.4) is 0 Å². The van der Waals surface area contributed by atoms with Gasteiger partial charge in [0, 0.05) is 0 Å². The molecule has 0 bridgehead atoms. The molecule has 0 radical (unpaired) electrons. The summed E-state index contributed by atoms with van der Waals surface area (Å²) < 4.78 is 0. The summed E-state index contributed by atoms with van der Waals surface area (Å²) in [6.45, 7) is 0. The van der Waals surface area contributed by atoms with Gasteiger partial charge in [-0.1, -0.05) is 51.4 Å². The number of rotatable bonds is 2. The van der Waals surface area contributed by atoms with Gasteiger partial charge in [-0.3, -0.25) is 0 Å². The molecule has 2 fully saturated rings. The zero-order chi connectivity index (χ0) is 7.52. The Morgan fingerprint density at radius 1 is 0.636 bits per heavy atom. The molecule has 0 amide bonds. The molecule has 0 atom stereocenters. The largest absolute Gasteiger partial charge is 0.0530 e. The van der Waals surface area contributed by atoms with Crippen LogP contribution in [0.4, 0.5) is 0 Å². The summed E-state index contributed by atoms with van der Waals surface area (Å²) in [5, 5.41) is 0. The van der Waals surface area contributed by atoms with E-state index in [0.29, 0.717) is 0 Å². The van der Waals surface area contributed by atoms with Crippen molar-refractivity contribution in [2.24, 2.45) is 11.8 Å². The Balaban J connectivity index is 1.71. The molecule has 0 unspecified atom stereocenters. The summed E-state index contributed by atoms with van der Waals surface area (Å²) in [6, 6.07) is 0. The standard InChI is InChI=1S/C11H20/c1-2-6-10(5-1)9-11-7-3-4-8-11/h10-11H,1-9H2. The van der Waals surface area contributed by atoms with Crippen LogP contribution in [0.1, 0.15) is 57.8 Å². The molecule has 2 aliphatic rings. The van der Waals surface area contributed by atoms with Crippen LogP contribution >= 0.6 is 0 Å². The van der Waals surface area contributed by atoms with Crippen LogP contribution in [-0.2, 0) is 0 Å². The highest BCUT2D eigenvalue weighted by molar-refractivity contribution is 4.74. The third-order valence-corrected chi connectivity index (χ3v) is 3.62. The van der Waals surface area contributed by atoms with Gasteiger partial charge in [0.2, 0.25) is 0 Å². The van der Waals surface area contributed by atoms with Gasteiger partial charge in [0.15, 0.2) is 0 Å². The average molecular weight is 152 g/mol. The van der Waals surface area contributed by atoms with E-state index in [1.807, 2.05) is 0 Å². The van der Waals surface area contributed by atoms with Crippen LogP contribution in [0.15, 0.2) is 0 Å². The molecule has 0 spiro atoms. The summed E-state index contributed by atoms with van der Waals surface area (Å²) in [7, 11) is 0. The van der Waals surface area contributed by atoms with Gasteiger partial charge < -0.3 is 0 Å². The Morgan fingerprint density at radius 3 is 1.36 bits per heavy atom. The maximum atomic E-state index is 1.58. The normalized spacial score (nSPS) is 28.4. The molecular weight excluding hydrogens is 132 g/mol. The molecule has 0 aromatic heterocycles. The summed E-state index contributed by atoms with van der Waals surface area (Å²) in [5.41, 5.74) is 0. The molecule has 11 heavy (non-hydrogen) atoms. The highest BCUT2D eigenvalue weighted by atomic mass is 14.3. The Hall–Kier alpha value is 0. The van der Waals surface area contributed by atoms with E-state index < -0.39 is 0 Å². The van der Waals surface area contributed by atoms with Crippen molar-refractivity contribution in [3.05, 3.63) is 0 Å². The minimum Gasteiger partial charge on any atom is -0.0530 e. The van der Waals surface area contributed by atoms with E-state index in [9.17, 15) is 0 Å². The van der Waals surface area contributed by atoms with Crippen molar-refractivity contribution in [1.82, 2.24) is 0 Å². The van der Waals surface area contributed by atoms with Crippen molar-refractivity contribution in [1.29, 1.82) is 0 Å². The first-order valence-electron chi connectivity index (χ1n) is 5.45. The highest BCUT2D eigenvalue weighted by Crippen LogP contribution is 2.36. The van der Waals surface area contributed by atoms with E-state index in [4.69, 9.17) is 0 Å². The lowest BCUT2D eigenvalue weighted by molar-refractivity contribution is 0.382. The predicted octanol–water partition coefficient (Wildman–Crippen LogP) is 3.76. The van der Waals surface area contributed by atoms with E-state index >= 15 is 0 Å². The van der Waals surface area contributed by atoms with Gasteiger partial charge in [-0.05, 0) is 18.3 Å². The summed E-state index contributed by atoms with van der Waals surface area (Å²) >= 11 is 0. The second-order valence-electron chi connectivity index (χ2n) is 4.54. The minimum absolute atomic E-state index is 1.14. The maximum Gasteiger partial charge on any atom is -0.0412 e. The smallest absolute Gasteiger partial charge is 0.0412 e. The lowest BCUT2D eigenvalue weighted by Gasteiger charge is -2.13. The first-order valence-corrected chi connectivity index (χ1v) is 5.45. The molecule has 0 saturated heterocycles. The van der Waals surface area contributed by atoms with Crippen molar-refractivity contribution in [2.75, 3.05) is 0 Å². The lowest BCUT2D eigenvalue weighted by atomic mass is 9.92. The topological polar surface area (TPSA) is 0 Å². The van der Waals surface area contributed by atoms with E-state index in [1.54, 1.807) is 32.1 Å². The van der Waals surface area contributed by atoms with Gasteiger partial charge in [-0.15, -0.1) is 0 Å². The van der Waals surface area contributed by atoms with Crippen molar-refractivity contribution < 1.29 is 0 Å². The predicted molar refractivity (Wildman–Crippen MR) is 48.5 cm³/mol. The molecule has 0 heteroatoms. The van der Waals surface area contributed by atoms with E-state index in [2.05, 4.69) is 0 Å². The quantitative estimate of drug-likeness (QED) is 0.565. The van der Waals surface area contributed by atoms with Gasteiger partial charge in [-0.25, -0.2) is 0 Å². The van der Waals surface area contributed by atoms with Gasteiger partial charge in [0.25, 0.3) is 0 Å². The van der Waals surface area contributed by atoms with Crippen molar-refractivity contribution >= 4 is 0 Å². The van der Waals surface area contributed by atoms with E-state index in [-0.39, 0.29) is 0 Å². The fourth-order valence-electron chi connectivity index (χ4n) is 2.96. The van der Waals surface area contributed by atoms with Gasteiger partial charge >= 0.3 is 0 Å². The second kappa shape index (κ2) is 3.60. The number of hydrogen-bond acceptors (Lipinski definition) is 0. The molecule has 2 aliphatic carbocycles. The molecule has 0 nitrogen and oxygen atoms in total. The van der Waals surface area contributed by atoms with Crippen LogP contribution in [0.5, 0.6) is 0 Å². The maximum absolute atomic E-state index is 1.58. The molecule has 0 aromatic rings. The third kappa shape index (κ3) is 1.98. The summed E-state index contributed by atoms with van der Waals surface area (Å²) in [5.74, 6) is 2.27. The molecule has 2 rings (SSSR count). The second-order valence-corrected chi connectivity index (χ2v) is 4.54. The molecular formula is C11H20. The van der Waals surface area contributed by atoms with Gasteiger partial charge in [0.1, 0.15) is 0 Å². The van der Waals surface area contributed by atoms with Crippen LogP contribution in [0.25, 0.3) is 0 Å². The van der Waals surface area contributed by atoms with Crippen molar-refractivity contribution in [3.63, 3.8) is 0 Å². The zero-order valence-corrected chi connectivity index (χ0v) is 7.52. The molecule has 0 heterocycles. The minimum atomic E-state index is 1.14. The van der Waals surface area contributed by atoms with Crippen LogP contribution in [0, 0.1) is 11.8 Å². The average Bonchev–Trinajstić information content (AvgIpc) is 2.60. The Kier molecular flexibility index (Phi) is 2.50. The number of hydrogen-bond donors (Lipinski definition) is 0. The van der Waals surface area contributed by atoms with Crippen LogP contribution < -0.4 is 0 Å². The first-order chi connectivity index (χ1) is 5.45.